The molecule has 3 aromatic rings. The second kappa shape index (κ2) is 8.17. The first-order valence-corrected chi connectivity index (χ1v) is 9.54. The monoisotopic (exact) mass is 376 g/mol. The van der Waals surface area contributed by atoms with Crippen molar-refractivity contribution in [1.29, 1.82) is 0 Å². The van der Waals surface area contributed by atoms with Crippen LogP contribution in [0.1, 0.15) is 18.4 Å². The number of hydrogen-bond acceptors (Lipinski definition) is 3. The van der Waals surface area contributed by atoms with Gasteiger partial charge in [0.1, 0.15) is 5.75 Å². The van der Waals surface area contributed by atoms with E-state index < -0.39 is 0 Å². The predicted molar refractivity (Wildman–Crippen MR) is 112 cm³/mol. The number of carbonyl (C=O) groups is 1. The Labute approximate surface area is 164 Å². The molecule has 144 valence electrons. The van der Waals surface area contributed by atoms with E-state index in [1.165, 1.54) is 10.9 Å². The molecular weight excluding hydrogens is 352 g/mol. The van der Waals surface area contributed by atoms with E-state index in [1.807, 2.05) is 42.6 Å². The molecule has 6 nitrogen and oxygen atoms in total. The highest BCUT2D eigenvalue weighted by Gasteiger charge is 2.30. The number of rotatable bonds is 6. The van der Waals surface area contributed by atoms with Gasteiger partial charge in [-0.2, -0.15) is 0 Å². The summed E-state index contributed by atoms with van der Waals surface area (Å²) in [4.78, 5) is 20.1. The number of hydrogen-bond donors (Lipinski definition) is 3. The molecule has 0 saturated heterocycles. The highest BCUT2D eigenvalue weighted by atomic mass is 16.5. The number of nitrogens with one attached hydrogen (secondary N) is 3. The molecule has 1 amide bonds. The van der Waals surface area contributed by atoms with Gasteiger partial charge in [-0.25, -0.2) is 0 Å². The third-order valence-corrected chi connectivity index (χ3v) is 4.87. The first-order chi connectivity index (χ1) is 13.7. The SMILES string of the molecule is COc1ccc(NC(=NCCc2c[nH]c3ccccc23)NC(=O)C2CC2)cc1. The Balaban J connectivity index is 1.45. The molecule has 3 N–H and O–H groups in total. The molecule has 0 aliphatic heterocycles. The molecule has 1 aromatic heterocycles. The lowest BCUT2D eigenvalue weighted by Gasteiger charge is -2.12. The minimum absolute atomic E-state index is 0.0341. The number of carbonyl (C=O) groups excluding carboxylic acids is 1. The molecule has 0 unspecified atom stereocenters. The predicted octanol–water partition coefficient (Wildman–Crippen LogP) is 3.71. The maximum absolute atomic E-state index is 12.2. The van der Waals surface area contributed by atoms with E-state index in [0.29, 0.717) is 12.5 Å². The smallest absolute Gasteiger partial charge is 0.229 e. The highest BCUT2D eigenvalue weighted by molar-refractivity contribution is 6.05. The molecule has 4 rings (SSSR count). The Morgan fingerprint density at radius 3 is 2.71 bits per heavy atom. The van der Waals surface area contributed by atoms with Crippen molar-refractivity contribution in [3.05, 3.63) is 60.3 Å². The van der Waals surface area contributed by atoms with Gasteiger partial charge in [-0.3, -0.25) is 15.1 Å². The van der Waals surface area contributed by atoms with E-state index in [1.54, 1.807) is 7.11 Å². The summed E-state index contributed by atoms with van der Waals surface area (Å²) < 4.78 is 5.19. The molecule has 2 aromatic carbocycles. The van der Waals surface area contributed by atoms with Crippen molar-refractivity contribution in [3.63, 3.8) is 0 Å². The van der Waals surface area contributed by atoms with Crippen LogP contribution >= 0.6 is 0 Å². The number of amides is 1. The van der Waals surface area contributed by atoms with Crippen LogP contribution in [0.2, 0.25) is 0 Å². The fraction of sp³-hybridized carbons (Fsp3) is 0.273. The number of methoxy groups -OCH3 is 1. The molecule has 1 saturated carbocycles. The molecule has 1 aliphatic carbocycles. The van der Waals surface area contributed by atoms with Gasteiger partial charge in [0.25, 0.3) is 0 Å². The number of aromatic amines is 1. The van der Waals surface area contributed by atoms with E-state index in [4.69, 9.17) is 4.74 Å². The molecule has 0 bridgehead atoms. The molecular formula is C22H24N4O2. The number of para-hydroxylation sites is 1. The second-order valence-electron chi connectivity index (χ2n) is 6.96. The second-order valence-corrected chi connectivity index (χ2v) is 6.96. The molecule has 0 radical (unpaired) electrons. The first-order valence-electron chi connectivity index (χ1n) is 9.54. The molecule has 1 heterocycles. The average molecular weight is 376 g/mol. The van der Waals surface area contributed by atoms with Gasteiger partial charge in [0.05, 0.1) is 7.11 Å². The number of H-pyrrole nitrogens is 1. The summed E-state index contributed by atoms with van der Waals surface area (Å²) in [5.74, 6) is 1.43. The normalized spacial score (nSPS) is 14.1. The van der Waals surface area contributed by atoms with Gasteiger partial charge < -0.3 is 15.0 Å². The Morgan fingerprint density at radius 1 is 1.18 bits per heavy atom. The number of aromatic nitrogens is 1. The summed E-state index contributed by atoms with van der Waals surface area (Å²) in [5, 5.41) is 7.36. The summed E-state index contributed by atoms with van der Waals surface area (Å²) in [5.41, 5.74) is 3.19. The van der Waals surface area contributed by atoms with Crippen LogP contribution in [-0.4, -0.2) is 30.5 Å². The number of nitrogens with zero attached hydrogens (tertiary/aromatic N) is 1. The van der Waals surface area contributed by atoms with Crippen molar-refractivity contribution in [1.82, 2.24) is 10.3 Å². The summed E-state index contributed by atoms with van der Waals surface area (Å²) >= 11 is 0. The minimum Gasteiger partial charge on any atom is -0.497 e. The van der Waals surface area contributed by atoms with Gasteiger partial charge in [0.15, 0.2) is 0 Å². The van der Waals surface area contributed by atoms with Crippen molar-refractivity contribution in [2.24, 2.45) is 10.9 Å². The lowest BCUT2D eigenvalue weighted by Crippen LogP contribution is -2.37. The number of ether oxygens (including phenoxy) is 1. The molecule has 28 heavy (non-hydrogen) atoms. The fourth-order valence-electron chi connectivity index (χ4n) is 3.11. The van der Waals surface area contributed by atoms with E-state index in [9.17, 15) is 4.79 Å². The maximum atomic E-state index is 12.2. The van der Waals surface area contributed by atoms with Crippen molar-refractivity contribution in [2.75, 3.05) is 19.0 Å². The van der Waals surface area contributed by atoms with Gasteiger partial charge in [-0.05, 0) is 55.2 Å². The Bertz CT molecular complexity index is 987. The van der Waals surface area contributed by atoms with Crippen molar-refractivity contribution >= 4 is 28.5 Å². The first kappa shape index (κ1) is 18.1. The van der Waals surface area contributed by atoms with Crippen LogP contribution in [-0.2, 0) is 11.2 Å². The summed E-state index contributed by atoms with van der Waals surface area (Å²) in [6, 6.07) is 15.8. The number of fused-ring (bicyclic) bond motifs is 1. The zero-order valence-electron chi connectivity index (χ0n) is 15.9. The number of aliphatic imine (C=N–C) groups is 1. The van der Waals surface area contributed by atoms with Gasteiger partial charge in [0, 0.05) is 35.2 Å². The number of guanidine groups is 1. The van der Waals surface area contributed by atoms with Gasteiger partial charge in [-0.15, -0.1) is 0 Å². The van der Waals surface area contributed by atoms with E-state index in [0.717, 1.165) is 36.2 Å². The van der Waals surface area contributed by atoms with Crippen LogP contribution in [0.5, 0.6) is 5.75 Å². The zero-order chi connectivity index (χ0) is 19.3. The van der Waals surface area contributed by atoms with Crippen molar-refractivity contribution < 1.29 is 9.53 Å². The Hall–Kier alpha value is -3.28. The topological polar surface area (TPSA) is 78.5 Å². The molecule has 1 aliphatic rings. The molecule has 6 heteroatoms. The quantitative estimate of drug-likeness (QED) is 0.453. The van der Waals surface area contributed by atoms with E-state index in [-0.39, 0.29) is 11.8 Å². The lowest BCUT2D eigenvalue weighted by molar-refractivity contribution is -0.120. The molecule has 0 atom stereocenters. The maximum Gasteiger partial charge on any atom is 0.229 e. The van der Waals surface area contributed by atoms with Crippen LogP contribution in [0.25, 0.3) is 10.9 Å². The standard InChI is InChI=1S/C22H24N4O2/c1-28-18-10-8-17(9-11-18)25-22(26-21(27)15-6-7-15)23-13-12-16-14-24-20-5-3-2-4-19(16)20/h2-5,8-11,14-15,24H,6-7,12-13H2,1H3,(H2,23,25,26,27). The van der Waals surface area contributed by atoms with E-state index in [2.05, 4.69) is 32.7 Å². The van der Waals surface area contributed by atoms with Crippen molar-refractivity contribution in [3.8, 4) is 5.75 Å². The van der Waals surface area contributed by atoms with Gasteiger partial charge in [0.2, 0.25) is 11.9 Å². The van der Waals surface area contributed by atoms with Crippen LogP contribution in [0.15, 0.2) is 59.7 Å². The average Bonchev–Trinajstić information content (AvgIpc) is 3.50. The number of benzene rings is 2. The summed E-state index contributed by atoms with van der Waals surface area (Å²) in [6.07, 6.45) is 4.73. The van der Waals surface area contributed by atoms with Crippen LogP contribution in [0.4, 0.5) is 5.69 Å². The van der Waals surface area contributed by atoms with Crippen LogP contribution in [0.3, 0.4) is 0 Å². The Morgan fingerprint density at radius 2 is 1.96 bits per heavy atom. The van der Waals surface area contributed by atoms with Gasteiger partial charge >= 0.3 is 0 Å². The third-order valence-electron chi connectivity index (χ3n) is 4.87. The van der Waals surface area contributed by atoms with Crippen LogP contribution < -0.4 is 15.4 Å². The van der Waals surface area contributed by atoms with E-state index >= 15 is 0 Å². The molecule has 1 fully saturated rings. The summed E-state index contributed by atoms with van der Waals surface area (Å²) in [7, 11) is 1.63. The fourth-order valence-corrected chi connectivity index (χ4v) is 3.11. The number of anilines is 1. The Kier molecular flexibility index (Phi) is 5.28. The largest absolute Gasteiger partial charge is 0.497 e. The minimum atomic E-state index is 0.0341. The van der Waals surface area contributed by atoms with Crippen LogP contribution in [0, 0.1) is 5.92 Å². The van der Waals surface area contributed by atoms with Crippen molar-refractivity contribution in [2.45, 2.75) is 19.3 Å². The zero-order valence-corrected chi connectivity index (χ0v) is 15.9. The molecule has 0 spiro atoms. The van der Waals surface area contributed by atoms with Gasteiger partial charge in [-0.1, -0.05) is 18.2 Å². The highest BCUT2D eigenvalue weighted by Crippen LogP contribution is 2.28. The third kappa shape index (κ3) is 4.34. The summed E-state index contributed by atoms with van der Waals surface area (Å²) in [6.45, 7) is 0.575. The lowest BCUT2D eigenvalue weighted by atomic mass is 10.1.